The van der Waals surface area contributed by atoms with Gasteiger partial charge >= 0.3 is 0 Å². The number of hydrogen-bond donors (Lipinski definition) is 18. The molecule has 498 valence electrons. The molecule has 0 saturated heterocycles. The summed E-state index contributed by atoms with van der Waals surface area (Å²) in [7, 11) is 0. The number of nitrogens with two attached hydrogens (primary N) is 5. The van der Waals surface area contributed by atoms with E-state index in [2.05, 4.69) is 58.2 Å². The van der Waals surface area contributed by atoms with Gasteiger partial charge in [0.1, 0.15) is 54.1 Å². The Morgan fingerprint density at radius 1 is 0.462 bits per heavy atom. The third-order valence-corrected chi connectivity index (χ3v) is 14.3. The van der Waals surface area contributed by atoms with Gasteiger partial charge in [-0.1, -0.05) is 105 Å². The van der Waals surface area contributed by atoms with Crippen LogP contribution < -0.4 is 81.8 Å². The summed E-state index contributed by atoms with van der Waals surface area (Å²) in [6, 6.07) is 15.3. The number of fused-ring (bicyclic) bond motifs is 1. The van der Waals surface area contributed by atoms with E-state index in [0.717, 1.165) is 0 Å². The first-order valence-corrected chi connectivity index (χ1v) is 29.5. The Hall–Kier alpha value is -10.8. The van der Waals surface area contributed by atoms with Gasteiger partial charge in [-0.15, -0.1) is 0 Å². The van der Waals surface area contributed by atoms with Crippen molar-refractivity contribution in [2.24, 2.45) is 34.6 Å². The molecule has 0 unspecified atom stereocenters. The average molecular weight is 1290 g/mol. The Kier molecular flexibility index (Phi) is 28.4. The van der Waals surface area contributed by atoms with Crippen LogP contribution in [-0.2, 0) is 88.0 Å². The molecular formula is C62H80N16O15. The lowest BCUT2D eigenvalue weighted by molar-refractivity contribution is -0.136. The minimum Gasteiger partial charge on any atom is -0.508 e. The highest BCUT2D eigenvalue weighted by Crippen LogP contribution is 2.20. The number of benzene rings is 4. The highest BCUT2D eigenvalue weighted by molar-refractivity contribution is 6.00. The van der Waals surface area contributed by atoms with E-state index in [1.165, 1.54) is 24.3 Å². The molecule has 0 radical (unpaired) electrons. The molecular weight excluding hydrogens is 1210 g/mol. The normalized spacial score (nSPS) is 13.9. The summed E-state index contributed by atoms with van der Waals surface area (Å²) in [6.07, 6.45) is -0.780. The molecule has 31 nitrogen and oxygen atoms in total. The van der Waals surface area contributed by atoms with Gasteiger partial charge in [-0.05, 0) is 59.2 Å². The van der Waals surface area contributed by atoms with Gasteiger partial charge in [0.15, 0.2) is 0 Å². The molecule has 23 N–H and O–H groups in total. The molecule has 0 aliphatic carbocycles. The maximum absolute atomic E-state index is 14.4. The van der Waals surface area contributed by atoms with Crippen molar-refractivity contribution >= 4 is 87.7 Å². The molecule has 0 spiro atoms. The van der Waals surface area contributed by atoms with Crippen molar-refractivity contribution in [2.45, 2.75) is 113 Å². The number of aliphatic hydroxyl groups excluding tert-OH is 1. The van der Waals surface area contributed by atoms with Crippen LogP contribution in [0.15, 0.2) is 115 Å². The number of phenolic OH excluding ortho intramolecular Hbond substituents is 1. The van der Waals surface area contributed by atoms with Crippen molar-refractivity contribution in [1.82, 2.24) is 58.2 Å². The van der Waals surface area contributed by atoms with Crippen molar-refractivity contribution in [3.05, 3.63) is 138 Å². The Morgan fingerprint density at radius 2 is 0.914 bits per heavy atom. The summed E-state index contributed by atoms with van der Waals surface area (Å²) in [4.78, 5) is 178. The quantitative estimate of drug-likeness (QED) is 0.0177. The lowest BCUT2D eigenvalue weighted by Gasteiger charge is -2.27. The Labute approximate surface area is 534 Å². The second-order valence-corrected chi connectivity index (χ2v) is 22.2. The number of H-pyrrole nitrogens is 1. The lowest BCUT2D eigenvalue weighted by Crippen LogP contribution is -2.61. The van der Waals surface area contributed by atoms with Gasteiger partial charge in [0.2, 0.25) is 76.8 Å². The van der Waals surface area contributed by atoms with Crippen LogP contribution >= 0.6 is 0 Å². The number of aliphatic hydroxyl groups is 1. The number of carbonyl (C=O) groups is 13. The Morgan fingerprint density at radius 3 is 1.46 bits per heavy atom. The fourth-order valence-corrected chi connectivity index (χ4v) is 9.50. The van der Waals surface area contributed by atoms with Crippen LogP contribution in [0.5, 0.6) is 5.75 Å². The van der Waals surface area contributed by atoms with E-state index in [0.29, 0.717) is 33.2 Å². The van der Waals surface area contributed by atoms with Gasteiger partial charge in [-0.2, -0.15) is 0 Å². The van der Waals surface area contributed by atoms with Crippen molar-refractivity contribution in [1.29, 1.82) is 0 Å². The lowest BCUT2D eigenvalue weighted by atomic mass is 10.0. The third-order valence-electron chi connectivity index (χ3n) is 14.3. The molecule has 5 aromatic rings. The van der Waals surface area contributed by atoms with E-state index >= 15 is 0 Å². The molecule has 0 bridgehead atoms. The van der Waals surface area contributed by atoms with Crippen LogP contribution in [0, 0.1) is 5.92 Å². The number of nitrogens with one attached hydrogen (secondary N) is 11. The largest absolute Gasteiger partial charge is 0.508 e. The zero-order valence-electron chi connectivity index (χ0n) is 51.1. The summed E-state index contributed by atoms with van der Waals surface area (Å²) in [5.41, 5.74) is 31.0. The van der Waals surface area contributed by atoms with Crippen molar-refractivity contribution in [3.63, 3.8) is 0 Å². The van der Waals surface area contributed by atoms with Gasteiger partial charge in [-0.25, -0.2) is 0 Å². The number of aromatic hydroxyl groups is 1. The van der Waals surface area contributed by atoms with Crippen LogP contribution in [0.25, 0.3) is 10.9 Å². The van der Waals surface area contributed by atoms with Crippen molar-refractivity contribution in [3.8, 4) is 5.75 Å². The number of aromatic nitrogens is 1. The minimum absolute atomic E-state index is 0.00988. The van der Waals surface area contributed by atoms with E-state index in [1.807, 2.05) is 0 Å². The van der Waals surface area contributed by atoms with E-state index in [4.69, 9.17) is 28.7 Å². The number of amides is 13. The summed E-state index contributed by atoms with van der Waals surface area (Å²) in [5, 5.41) is 45.1. The SMILES string of the molecule is CC(C)C[C@H](NC(=O)CNC(=O)[C@H](Cc1ccccc1)NC(=O)[C@H](CO)NC(=O)[C@H](CC(N)=O)NC(=O)[C@H](Cc1c[nH]c2ccccc12)NC(=O)[C@H](CC(N)=O)NC(=O)[C@@H](N)Cc1ccc(O)cc1)C(=O)N[C@@H](CNC(=O)CN)C(=O)N[C@@H](Cc1ccccc1)C(N)=O. The number of phenols is 1. The van der Waals surface area contributed by atoms with Crippen LogP contribution in [0.4, 0.5) is 0 Å². The average Bonchev–Trinajstić information content (AvgIpc) is 1.75. The van der Waals surface area contributed by atoms with E-state index in [-0.39, 0.29) is 43.8 Å². The smallest absolute Gasteiger partial charge is 0.245 e. The molecule has 9 atom stereocenters. The molecule has 93 heavy (non-hydrogen) atoms. The topological polar surface area (TPSA) is 529 Å². The minimum atomic E-state index is -1.92. The fourth-order valence-electron chi connectivity index (χ4n) is 9.50. The van der Waals surface area contributed by atoms with Gasteiger partial charge < -0.3 is 97.0 Å². The second-order valence-electron chi connectivity index (χ2n) is 22.2. The summed E-state index contributed by atoms with van der Waals surface area (Å²) in [5.74, 6) is -13.3. The molecule has 0 aliphatic rings. The number of hydrogen-bond acceptors (Lipinski definition) is 17. The van der Waals surface area contributed by atoms with Crippen molar-refractivity contribution in [2.75, 3.05) is 26.2 Å². The molecule has 0 aliphatic heterocycles. The van der Waals surface area contributed by atoms with Crippen LogP contribution in [0.2, 0.25) is 0 Å². The molecule has 4 aromatic carbocycles. The van der Waals surface area contributed by atoms with Crippen molar-refractivity contribution < 1.29 is 72.5 Å². The van der Waals surface area contributed by atoms with Gasteiger partial charge in [-0.3, -0.25) is 62.3 Å². The third kappa shape index (κ3) is 24.2. The summed E-state index contributed by atoms with van der Waals surface area (Å²) < 4.78 is 0. The van der Waals surface area contributed by atoms with E-state index < -0.39 is 170 Å². The first-order chi connectivity index (χ1) is 44.2. The second kappa shape index (κ2) is 36.2. The highest BCUT2D eigenvalue weighted by atomic mass is 16.3. The van der Waals surface area contributed by atoms with Crippen LogP contribution in [-0.4, -0.2) is 173 Å². The maximum atomic E-state index is 14.4. The Balaban J connectivity index is 1.30. The molecule has 1 aromatic heterocycles. The zero-order chi connectivity index (χ0) is 68.3. The molecule has 0 fully saturated rings. The fraction of sp³-hybridized carbons (Fsp3) is 0.371. The predicted molar refractivity (Wildman–Crippen MR) is 336 cm³/mol. The standard InChI is InChI=1S/C62H80N16O15/c1-33(2)21-43(57(88)77-48(30-69-52(83)28-63)61(92)72-42(54(67)85)23-34-11-5-3-6-12-34)71-53(84)31-70-56(87)44(24-35-13-7-4-8-14-35)74-62(93)49(32-79)78-60(91)47(27-51(66)82)76-58(89)45(25-37-29-68-41-16-10-9-15-39(37)41)75-59(90)46(26-50(65)81)73-55(86)40(64)22-36-17-19-38(80)20-18-36/h3-20,29,33,40,42-49,68,79-80H,21-28,30-32,63-64H2,1-2H3,(H2,65,81)(H2,66,82)(H2,67,85)(H,69,83)(H,70,87)(H,71,84)(H,72,92)(H,73,86)(H,74,93)(H,75,90)(H,76,89)(H,77,88)(H,78,91)/t40-,42-,43-,44-,45-,46-,47-,48-,49-/m0/s1. The number of rotatable bonds is 37. The maximum Gasteiger partial charge on any atom is 0.245 e. The van der Waals surface area contributed by atoms with Gasteiger partial charge in [0.05, 0.1) is 38.6 Å². The van der Waals surface area contributed by atoms with Crippen LogP contribution in [0.1, 0.15) is 55.4 Å². The van der Waals surface area contributed by atoms with E-state index in [9.17, 15) is 72.5 Å². The number of primary amides is 3. The summed E-state index contributed by atoms with van der Waals surface area (Å²) >= 11 is 0. The number of carbonyl (C=O) groups excluding carboxylic acids is 13. The number of para-hydroxylation sites is 1. The first kappa shape index (κ1) is 73.0. The van der Waals surface area contributed by atoms with Gasteiger partial charge in [0.25, 0.3) is 0 Å². The predicted octanol–water partition coefficient (Wildman–Crippen LogP) is -5.18. The molecule has 13 amide bonds. The highest BCUT2D eigenvalue weighted by Gasteiger charge is 2.36. The van der Waals surface area contributed by atoms with E-state index in [1.54, 1.807) is 105 Å². The zero-order valence-corrected chi connectivity index (χ0v) is 51.1. The molecule has 0 saturated carbocycles. The number of aromatic amines is 1. The molecule has 31 heteroatoms. The molecule has 5 rings (SSSR count). The van der Waals surface area contributed by atoms with Gasteiger partial charge in [0, 0.05) is 42.9 Å². The molecule has 1 heterocycles. The first-order valence-electron chi connectivity index (χ1n) is 29.5. The van der Waals surface area contributed by atoms with Crippen LogP contribution in [0.3, 0.4) is 0 Å². The monoisotopic (exact) mass is 1290 g/mol. The Bertz CT molecular complexity index is 3440. The summed E-state index contributed by atoms with van der Waals surface area (Å²) in [6.45, 7) is 0.571.